The number of carboxylic acid groups (broad SMARTS) is 1. The quantitative estimate of drug-likeness (QED) is 0.361. The molecule has 5 heteroatoms. The first-order chi connectivity index (χ1) is 16.1. The van der Waals surface area contributed by atoms with Crippen LogP contribution in [-0.4, -0.2) is 34.4 Å². The number of ether oxygens (including phenoxy) is 1. The lowest BCUT2D eigenvalue weighted by Gasteiger charge is -2.65. The van der Waals surface area contributed by atoms with E-state index in [4.69, 9.17) is 4.74 Å². The number of hydrogen-bond acceptors (Lipinski definition) is 4. The van der Waals surface area contributed by atoms with Gasteiger partial charge < -0.3 is 14.9 Å². The number of esters is 1. The molecular formula is C29H36O5. The Morgan fingerprint density at radius 3 is 2.56 bits per heavy atom. The first-order valence-electron chi connectivity index (χ1n) is 12.7. The number of fused-ring (bicyclic) bond motifs is 3. The van der Waals surface area contributed by atoms with E-state index in [0.717, 1.165) is 43.2 Å². The Hall–Kier alpha value is -2.40. The van der Waals surface area contributed by atoms with Gasteiger partial charge in [0.1, 0.15) is 6.10 Å². The summed E-state index contributed by atoms with van der Waals surface area (Å²) in [6.45, 7) is 8.35. The summed E-state index contributed by atoms with van der Waals surface area (Å²) in [7, 11) is 0. The topological polar surface area (TPSA) is 83.8 Å². The Morgan fingerprint density at radius 2 is 1.85 bits per heavy atom. The molecular weight excluding hydrogens is 428 g/mol. The summed E-state index contributed by atoms with van der Waals surface area (Å²) in [5.74, 6) is -0.986. The van der Waals surface area contributed by atoms with Gasteiger partial charge in [0.2, 0.25) is 0 Å². The Kier molecular flexibility index (Phi) is 5.55. The molecule has 2 N–H and O–H groups in total. The Morgan fingerprint density at radius 1 is 1.12 bits per heavy atom. The molecule has 0 heterocycles. The second-order valence-electron chi connectivity index (χ2n) is 11.7. The van der Waals surface area contributed by atoms with E-state index in [-0.39, 0.29) is 23.2 Å². The third-order valence-electron chi connectivity index (χ3n) is 10.2. The van der Waals surface area contributed by atoms with Crippen molar-refractivity contribution in [3.63, 3.8) is 0 Å². The van der Waals surface area contributed by atoms with Crippen molar-refractivity contribution >= 4 is 18.0 Å². The minimum atomic E-state index is -0.865. The average molecular weight is 465 g/mol. The molecule has 0 radical (unpaired) electrons. The van der Waals surface area contributed by atoms with Gasteiger partial charge in [-0.05, 0) is 85.8 Å². The number of benzene rings is 1. The lowest BCUT2D eigenvalue weighted by molar-refractivity contribution is -0.232. The zero-order valence-corrected chi connectivity index (χ0v) is 20.2. The summed E-state index contributed by atoms with van der Waals surface area (Å²) in [6, 6.07) is 9.58. The van der Waals surface area contributed by atoms with E-state index in [1.807, 2.05) is 37.3 Å². The van der Waals surface area contributed by atoms with Crippen LogP contribution in [0.15, 0.2) is 48.6 Å². The maximum Gasteiger partial charge on any atom is 0.331 e. The van der Waals surface area contributed by atoms with Gasteiger partial charge in [-0.2, -0.15) is 0 Å². The van der Waals surface area contributed by atoms with E-state index in [1.165, 1.54) is 6.08 Å². The number of carboxylic acids is 1. The zero-order chi connectivity index (χ0) is 24.3. The molecule has 4 fully saturated rings. The second-order valence-corrected chi connectivity index (χ2v) is 11.7. The molecule has 4 aliphatic rings. The summed E-state index contributed by atoms with van der Waals surface area (Å²) in [5.41, 5.74) is 0.103. The van der Waals surface area contributed by atoms with E-state index in [0.29, 0.717) is 12.8 Å². The molecule has 4 saturated carbocycles. The van der Waals surface area contributed by atoms with Gasteiger partial charge in [0.25, 0.3) is 0 Å². The second kappa shape index (κ2) is 8.08. The molecule has 5 nitrogen and oxygen atoms in total. The number of rotatable bonds is 4. The third kappa shape index (κ3) is 3.23. The number of aliphatic carboxylic acids is 1. The minimum absolute atomic E-state index is 0.0964. The summed E-state index contributed by atoms with van der Waals surface area (Å²) < 4.78 is 6.17. The van der Waals surface area contributed by atoms with Crippen LogP contribution in [0.5, 0.6) is 0 Å². The predicted octanol–water partition coefficient (Wildman–Crippen LogP) is 5.25. The summed E-state index contributed by atoms with van der Waals surface area (Å²) >= 11 is 0. The van der Waals surface area contributed by atoms with Crippen molar-refractivity contribution in [3.05, 3.63) is 54.1 Å². The van der Waals surface area contributed by atoms with Crippen molar-refractivity contribution < 1.29 is 24.5 Å². The lowest BCUT2D eigenvalue weighted by atomic mass is 9.40. The molecule has 0 unspecified atom stereocenters. The fourth-order valence-electron chi connectivity index (χ4n) is 8.58. The van der Waals surface area contributed by atoms with Gasteiger partial charge in [0.05, 0.1) is 11.5 Å². The molecule has 182 valence electrons. The van der Waals surface area contributed by atoms with E-state index >= 15 is 0 Å². The number of carbonyl (C=O) groups is 2. The van der Waals surface area contributed by atoms with Crippen LogP contribution in [0.2, 0.25) is 0 Å². The van der Waals surface area contributed by atoms with Gasteiger partial charge >= 0.3 is 11.9 Å². The molecule has 4 aliphatic carbocycles. The van der Waals surface area contributed by atoms with Gasteiger partial charge in [0.15, 0.2) is 0 Å². The van der Waals surface area contributed by atoms with Gasteiger partial charge in [-0.25, -0.2) is 4.79 Å². The SMILES string of the molecule is C=C1[C@@H]2CC[C@H]3[C@]4(C)CCC[C@@](C)(C(=O)O)[C@H]4C[C@H](OC(=O)C=Cc4ccccc4)[C@]3(C2)[C@H]1O. The third-order valence-corrected chi connectivity index (χ3v) is 10.2. The molecule has 5 rings (SSSR count). The van der Waals surface area contributed by atoms with Crippen molar-refractivity contribution in [1.82, 2.24) is 0 Å². The van der Waals surface area contributed by atoms with Crippen LogP contribution in [0.1, 0.15) is 64.4 Å². The average Bonchev–Trinajstić information content (AvgIpc) is 3.00. The van der Waals surface area contributed by atoms with Crippen LogP contribution in [0, 0.1) is 34.0 Å². The molecule has 1 aromatic rings. The monoisotopic (exact) mass is 464 g/mol. The van der Waals surface area contributed by atoms with E-state index in [9.17, 15) is 19.8 Å². The standard InChI is InChI=1S/C29H36O5/c1-18-20-11-12-21-27(2)14-7-15-28(3,26(32)33)22(27)16-23(29(21,17-20)25(18)31)34-24(30)13-10-19-8-5-4-6-9-19/h4-6,8-10,13,20-23,25,31H,1,7,11-12,14-17H2,2-3H3,(H,32,33)/t20-,21+,22+,23+,25+,27+,28-,29-/m1/s1. The van der Waals surface area contributed by atoms with Crippen LogP contribution in [-0.2, 0) is 14.3 Å². The first kappa shape index (κ1) is 23.3. The fraction of sp³-hybridized carbons (Fsp3) is 0.586. The first-order valence-corrected chi connectivity index (χ1v) is 12.7. The van der Waals surface area contributed by atoms with Crippen LogP contribution in [0.4, 0.5) is 0 Å². The van der Waals surface area contributed by atoms with Crippen molar-refractivity contribution in [2.45, 2.75) is 71.0 Å². The molecule has 0 amide bonds. The van der Waals surface area contributed by atoms with Crippen molar-refractivity contribution in [2.75, 3.05) is 0 Å². The summed E-state index contributed by atoms with van der Waals surface area (Å²) in [6.07, 6.45) is 7.49. The van der Waals surface area contributed by atoms with Gasteiger partial charge in [-0.15, -0.1) is 0 Å². The fourth-order valence-corrected chi connectivity index (χ4v) is 8.58. The molecule has 0 saturated heterocycles. The highest BCUT2D eigenvalue weighted by molar-refractivity contribution is 5.87. The smallest absolute Gasteiger partial charge is 0.331 e. The predicted molar refractivity (Wildman–Crippen MR) is 130 cm³/mol. The van der Waals surface area contributed by atoms with Crippen LogP contribution >= 0.6 is 0 Å². The van der Waals surface area contributed by atoms with Crippen LogP contribution in [0.25, 0.3) is 6.08 Å². The lowest BCUT2D eigenvalue weighted by Crippen LogP contribution is -2.65. The van der Waals surface area contributed by atoms with E-state index in [2.05, 4.69) is 13.5 Å². The maximum atomic E-state index is 13.0. The molecule has 0 aromatic heterocycles. The highest BCUT2D eigenvalue weighted by Crippen LogP contribution is 2.72. The van der Waals surface area contributed by atoms with Crippen LogP contribution < -0.4 is 0 Å². The number of aliphatic hydroxyl groups excluding tert-OH is 1. The van der Waals surface area contributed by atoms with Crippen molar-refractivity contribution in [1.29, 1.82) is 0 Å². The largest absolute Gasteiger partial charge is 0.481 e. The molecule has 34 heavy (non-hydrogen) atoms. The normalized spacial score (nSPS) is 43.3. The van der Waals surface area contributed by atoms with E-state index in [1.54, 1.807) is 6.08 Å². The van der Waals surface area contributed by atoms with Crippen molar-refractivity contribution in [2.24, 2.45) is 34.0 Å². The summed E-state index contributed by atoms with van der Waals surface area (Å²) in [5, 5.41) is 21.8. The Labute approximate surface area is 201 Å². The van der Waals surface area contributed by atoms with E-state index < -0.39 is 35.0 Å². The van der Waals surface area contributed by atoms with Gasteiger partial charge in [0, 0.05) is 11.5 Å². The number of aliphatic hydroxyl groups is 1. The number of hydrogen-bond donors (Lipinski definition) is 2. The Balaban J connectivity index is 1.53. The Bertz CT molecular complexity index is 1030. The molecule has 0 aliphatic heterocycles. The minimum Gasteiger partial charge on any atom is -0.481 e. The van der Waals surface area contributed by atoms with Gasteiger partial charge in [-0.3, -0.25) is 4.79 Å². The highest BCUT2D eigenvalue weighted by Gasteiger charge is 2.71. The van der Waals surface area contributed by atoms with Crippen molar-refractivity contribution in [3.8, 4) is 0 Å². The number of carbonyl (C=O) groups excluding carboxylic acids is 1. The summed E-state index contributed by atoms with van der Waals surface area (Å²) in [4.78, 5) is 25.5. The van der Waals surface area contributed by atoms with Gasteiger partial charge in [-0.1, -0.05) is 50.3 Å². The molecule has 8 atom stereocenters. The van der Waals surface area contributed by atoms with Crippen LogP contribution in [0.3, 0.4) is 0 Å². The molecule has 2 bridgehead atoms. The molecule has 1 spiro atoms. The highest BCUT2D eigenvalue weighted by atomic mass is 16.5. The zero-order valence-electron chi connectivity index (χ0n) is 20.2. The maximum absolute atomic E-state index is 13.0. The molecule has 1 aromatic carbocycles.